The SMILES string of the molecule is Cc1ccccc1N[C@@H]1CC[C@@H](C)C1. The Morgan fingerprint density at radius 3 is 2.64 bits per heavy atom. The van der Waals surface area contributed by atoms with E-state index in [2.05, 4.69) is 43.4 Å². The Balaban J connectivity index is 2.01. The Bertz CT molecular complexity index is 306. The minimum absolute atomic E-state index is 0.700. The van der Waals surface area contributed by atoms with Gasteiger partial charge in [-0.1, -0.05) is 25.1 Å². The molecule has 0 unspecified atom stereocenters. The molecular formula is C13H19N. The lowest BCUT2D eigenvalue weighted by Crippen LogP contribution is -2.15. The van der Waals surface area contributed by atoms with E-state index in [1.165, 1.54) is 30.5 Å². The molecule has 0 radical (unpaired) electrons. The summed E-state index contributed by atoms with van der Waals surface area (Å²) in [5.74, 6) is 0.900. The molecule has 14 heavy (non-hydrogen) atoms. The largest absolute Gasteiger partial charge is 0.382 e. The number of hydrogen-bond acceptors (Lipinski definition) is 1. The highest BCUT2D eigenvalue weighted by Crippen LogP contribution is 2.28. The third-order valence-electron chi connectivity index (χ3n) is 3.20. The molecule has 1 aliphatic carbocycles. The third kappa shape index (κ3) is 2.09. The molecule has 1 aromatic rings. The molecule has 1 nitrogen and oxygen atoms in total. The highest BCUT2D eigenvalue weighted by Gasteiger charge is 2.20. The lowest BCUT2D eigenvalue weighted by Gasteiger charge is -2.15. The van der Waals surface area contributed by atoms with Crippen molar-refractivity contribution < 1.29 is 0 Å². The van der Waals surface area contributed by atoms with Crippen LogP contribution in [0.2, 0.25) is 0 Å². The van der Waals surface area contributed by atoms with E-state index < -0.39 is 0 Å². The van der Waals surface area contributed by atoms with Crippen molar-refractivity contribution in [2.75, 3.05) is 5.32 Å². The van der Waals surface area contributed by atoms with E-state index >= 15 is 0 Å². The minimum atomic E-state index is 0.700. The molecule has 0 heterocycles. The van der Waals surface area contributed by atoms with Gasteiger partial charge in [-0.15, -0.1) is 0 Å². The summed E-state index contributed by atoms with van der Waals surface area (Å²) in [6, 6.07) is 9.25. The van der Waals surface area contributed by atoms with Gasteiger partial charge in [-0.05, 0) is 43.7 Å². The smallest absolute Gasteiger partial charge is 0.0372 e. The van der Waals surface area contributed by atoms with Gasteiger partial charge < -0.3 is 5.32 Å². The Hall–Kier alpha value is -0.980. The van der Waals surface area contributed by atoms with Crippen molar-refractivity contribution in [2.45, 2.75) is 39.2 Å². The molecular weight excluding hydrogens is 170 g/mol. The quantitative estimate of drug-likeness (QED) is 0.749. The first kappa shape index (κ1) is 9.57. The summed E-state index contributed by atoms with van der Waals surface area (Å²) in [7, 11) is 0. The van der Waals surface area contributed by atoms with E-state index in [1.807, 2.05) is 0 Å². The molecule has 0 saturated heterocycles. The second-order valence-electron chi connectivity index (χ2n) is 4.57. The van der Waals surface area contributed by atoms with Crippen LogP contribution in [-0.4, -0.2) is 6.04 Å². The van der Waals surface area contributed by atoms with Crippen molar-refractivity contribution in [3.63, 3.8) is 0 Å². The van der Waals surface area contributed by atoms with Gasteiger partial charge in [0, 0.05) is 11.7 Å². The summed E-state index contributed by atoms with van der Waals surface area (Å²) >= 11 is 0. The van der Waals surface area contributed by atoms with Gasteiger partial charge in [0.15, 0.2) is 0 Å². The van der Waals surface area contributed by atoms with Crippen molar-refractivity contribution in [3.8, 4) is 0 Å². The zero-order chi connectivity index (χ0) is 9.97. The minimum Gasteiger partial charge on any atom is -0.382 e. The summed E-state index contributed by atoms with van der Waals surface area (Å²) in [5.41, 5.74) is 2.67. The summed E-state index contributed by atoms with van der Waals surface area (Å²) in [5, 5.41) is 3.64. The number of para-hydroxylation sites is 1. The molecule has 2 atom stereocenters. The van der Waals surface area contributed by atoms with Crippen molar-refractivity contribution >= 4 is 5.69 Å². The van der Waals surface area contributed by atoms with Gasteiger partial charge in [0.25, 0.3) is 0 Å². The first-order valence-electron chi connectivity index (χ1n) is 5.58. The fourth-order valence-corrected chi connectivity index (χ4v) is 2.29. The molecule has 2 rings (SSSR count). The van der Waals surface area contributed by atoms with Crippen LogP contribution in [0.3, 0.4) is 0 Å². The Morgan fingerprint density at radius 1 is 1.21 bits per heavy atom. The average Bonchev–Trinajstić information content (AvgIpc) is 2.56. The van der Waals surface area contributed by atoms with Gasteiger partial charge >= 0.3 is 0 Å². The second-order valence-corrected chi connectivity index (χ2v) is 4.57. The van der Waals surface area contributed by atoms with Gasteiger partial charge in [-0.3, -0.25) is 0 Å². The van der Waals surface area contributed by atoms with Crippen LogP contribution in [0.25, 0.3) is 0 Å². The summed E-state index contributed by atoms with van der Waals surface area (Å²) in [6.45, 7) is 4.51. The third-order valence-corrected chi connectivity index (χ3v) is 3.20. The molecule has 0 bridgehead atoms. The first-order valence-corrected chi connectivity index (χ1v) is 5.58. The molecule has 0 aromatic heterocycles. The predicted molar refractivity (Wildman–Crippen MR) is 61.6 cm³/mol. The van der Waals surface area contributed by atoms with Crippen LogP contribution in [0.5, 0.6) is 0 Å². The van der Waals surface area contributed by atoms with Crippen molar-refractivity contribution in [2.24, 2.45) is 5.92 Å². The molecule has 0 spiro atoms. The van der Waals surface area contributed by atoms with Gasteiger partial charge in [-0.25, -0.2) is 0 Å². The van der Waals surface area contributed by atoms with Gasteiger partial charge in [0.05, 0.1) is 0 Å². The molecule has 0 amide bonds. The van der Waals surface area contributed by atoms with Crippen LogP contribution < -0.4 is 5.32 Å². The van der Waals surface area contributed by atoms with Crippen molar-refractivity contribution in [1.82, 2.24) is 0 Å². The van der Waals surface area contributed by atoms with Crippen molar-refractivity contribution in [3.05, 3.63) is 29.8 Å². The van der Waals surface area contributed by atoms with Crippen LogP contribution in [0.4, 0.5) is 5.69 Å². The number of hydrogen-bond donors (Lipinski definition) is 1. The standard InChI is InChI=1S/C13H19N/c1-10-7-8-12(9-10)14-13-6-4-3-5-11(13)2/h3-6,10,12,14H,7-9H2,1-2H3/t10-,12-/m1/s1. The molecule has 1 saturated carbocycles. The number of anilines is 1. The zero-order valence-electron chi connectivity index (χ0n) is 9.09. The summed E-state index contributed by atoms with van der Waals surface area (Å²) < 4.78 is 0. The maximum absolute atomic E-state index is 3.64. The number of nitrogens with one attached hydrogen (secondary N) is 1. The van der Waals surface area contributed by atoms with E-state index in [-0.39, 0.29) is 0 Å². The molecule has 0 aliphatic heterocycles. The van der Waals surface area contributed by atoms with Gasteiger partial charge in [0.1, 0.15) is 0 Å². The lowest BCUT2D eigenvalue weighted by molar-refractivity contribution is 0.602. The van der Waals surface area contributed by atoms with Crippen LogP contribution >= 0.6 is 0 Å². The normalized spacial score (nSPS) is 26.4. The summed E-state index contributed by atoms with van der Waals surface area (Å²) in [6.07, 6.45) is 4.04. The van der Waals surface area contributed by atoms with E-state index in [4.69, 9.17) is 0 Å². The van der Waals surface area contributed by atoms with E-state index in [0.29, 0.717) is 6.04 Å². The predicted octanol–water partition coefficient (Wildman–Crippen LogP) is 3.60. The monoisotopic (exact) mass is 189 g/mol. The average molecular weight is 189 g/mol. The van der Waals surface area contributed by atoms with Crippen LogP contribution in [0, 0.1) is 12.8 Å². The Labute approximate surface area is 86.5 Å². The van der Waals surface area contributed by atoms with Gasteiger partial charge in [-0.2, -0.15) is 0 Å². The molecule has 1 fully saturated rings. The van der Waals surface area contributed by atoms with E-state index in [9.17, 15) is 0 Å². The second kappa shape index (κ2) is 4.04. The van der Waals surface area contributed by atoms with E-state index in [0.717, 1.165) is 5.92 Å². The number of benzene rings is 1. The highest BCUT2D eigenvalue weighted by atomic mass is 14.9. The topological polar surface area (TPSA) is 12.0 Å². The first-order chi connectivity index (χ1) is 6.75. The molecule has 76 valence electrons. The van der Waals surface area contributed by atoms with Crippen LogP contribution in [0.1, 0.15) is 31.7 Å². The fraction of sp³-hybridized carbons (Fsp3) is 0.538. The molecule has 1 heteroatoms. The maximum Gasteiger partial charge on any atom is 0.0372 e. The summed E-state index contributed by atoms with van der Waals surface area (Å²) in [4.78, 5) is 0. The fourth-order valence-electron chi connectivity index (χ4n) is 2.29. The maximum atomic E-state index is 3.64. The molecule has 1 aliphatic rings. The lowest BCUT2D eigenvalue weighted by atomic mass is 10.1. The molecule has 1 N–H and O–H groups in total. The zero-order valence-corrected chi connectivity index (χ0v) is 9.09. The highest BCUT2D eigenvalue weighted by molar-refractivity contribution is 5.51. The Morgan fingerprint density at radius 2 is 2.00 bits per heavy atom. The van der Waals surface area contributed by atoms with E-state index in [1.54, 1.807) is 0 Å². The van der Waals surface area contributed by atoms with Crippen LogP contribution in [0.15, 0.2) is 24.3 Å². The number of aryl methyl sites for hydroxylation is 1. The van der Waals surface area contributed by atoms with Gasteiger partial charge in [0.2, 0.25) is 0 Å². The number of rotatable bonds is 2. The molecule has 1 aromatic carbocycles. The Kier molecular flexibility index (Phi) is 2.76. The van der Waals surface area contributed by atoms with Crippen LogP contribution in [-0.2, 0) is 0 Å². The van der Waals surface area contributed by atoms with Crippen molar-refractivity contribution in [1.29, 1.82) is 0 Å².